The summed E-state index contributed by atoms with van der Waals surface area (Å²) >= 11 is 0. The van der Waals surface area contributed by atoms with Crippen LogP contribution in [0.4, 0.5) is 4.39 Å². The van der Waals surface area contributed by atoms with Crippen molar-refractivity contribution < 1.29 is 9.13 Å². The van der Waals surface area contributed by atoms with Crippen LogP contribution in [0.2, 0.25) is 0 Å². The van der Waals surface area contributed by atoms with E-state index in [1.54, 1.807) is 6.07 Å². The van der Waals surface area contributed by atoms with E-state index in [0.717, 1.165) is 0 Å². The molecule has 0 spiro atoms. The molecule has 0 atom stereocenters. The summed E-state index contributed by atoms with van der Waals surface area (Å²) in [5.41, 5.74) is 0.0151. The van der Waals surface area contributed by atoms with Gasteiger partial charge >= 0.3 is 5.56 Å². The van der Waals surface area contributed by atoms with Crippen molar-refractivity contribution in [2.45, 2.75) is 0 Å². The average molecular weight is 220 g/mol. The smallest absolute Gasteiger partial charge is 0.317 e. The zero-order chi connectivity index (χ0) is 11.5. The Morgan fingerprint density at radius 3 is 2.94 bits per heavy atom. The third-order valence-electron chi connectivity index (χ3n) is 2.09. The first kappa shape index (κ1) is 10.4. The number of aromatic nitrogens is 2. The van der Waals surface area contributed by atoms with Gasteiger partial charge in [0.2, 0.25) is 0 Å². The standard InChI is InChI=1S/C11H9FN2O2/c1-16-10-11(15)14(6-5-13-10)9-4-2-3-8(12)7-9/h2-7H,1H3. The Balaban J connectivity index is 2.61. The second kappa shape index (κ2) is 4.14. The Bertz CT molecular complexity index is 566. The van der Waals surface area contributed by atoms with E-state index < -0.39 is 11.4 Å². The molecule has 16 heavy (non-hydrogen) atoms. The van der Waals surface area contributed by atoms with Crippen LogP contribution in [0.5, 0.6) is 5.88 Å². The predicted octanol–water partition coefficient (Wildman–Crippen LogP) is 1.38. The van der Waals surface area contributed by atoms with Gasteiger partial charge in [-0.2, -0.15) is 0 Å². The molecule has 0 saturated carbocycles. The molecule has 0 amide bonds. The van der Waals surface area contributed by atoms with E-state index in [-0.39, 0.29) is 5.88 Å². The fourth-order valence-corrected chi connectivity index (χ4v) is 1.36. The molecule has 1 aromatic heterocycles. The lowest BCUT2D eigenvalue weighted by Crippen LogP contribution is -2.20. The first-order valence-corrected chi connectivity index (χ1v) is 4.60. The SMILES string of the molecule is COc1nccn(-c2cccc(F)c2)c1=O. The molecular weight excluding hydrogens is 211 g/mol. The molecule has 0 aliphatic heterocycles. The van der Waals surface area contributed by atoms with Crippen molar-refractivity contribution in [2.75, 3.05) is 7.11 Å². The van der Waals surface area contributed by atoms with Crippen LogP contribution in [0.1, 0.15) is 0 Å². The van der Waals surface area contributed by atoms with Gasteiger partial charge in [0.05, 0.1) is 12.8 Å². The lowest BCUT2D eigenvalue weighted by atomic mass is 10.3. The Morgan fingerprint density at radius 1 is 1.44 bits per heavy atom. The highest BCUT2D eigenvalue weighted by molar-refractivity contribution is 5.33. The summed E-state index contributed by atoms with van der Waals surface area (Å²) in [7, 11) is 1.36. The topological polar surface area (TPSA) is 44.1 Å². The normalized spacial score (nSPS) is 10.1. The van der Waals surface area contributed by atoms with Gasteiger partial charge in [-0.15, -0.1) is 0 Å². The number of rotatable bonds is 2. The monoisotopic (exact) mass is 220 g/mol. The predicted molar refractivity (Wildman–Crippen MR) is 56.3 cm³/mol. The maximum Gasteiger partial charge on any atom is 0.317 e. The van der Waals surface area contributed by atoms with Crippen LogP contribution in [0.25, 0.3) is 5.69 Å². The van der Waals surface area contributed by atoms with Gasteiger partial charge < -0.3 is 4.74 Å². The molecule has 0 saturated heterocycles. The molecule has 2 rings (SSSR count). The van der Waals surface area contributed by atoms with Gasteiger partial charge in [-0.25, -0.2) is 9.37 Å². The molecule has 2 aromatic rings. The van der Waals surface area contributed by atoms with Gasteiger partial charge in [0.25, 0.3) is 5.88 Å². The van der Waals surface area contributed by atoms with Crippen molar-refractivity contribution in [3.63, 3.8) is 0 Å². The number of hydrogen-bond acceptors (Lipinski definition) is 3. The van der Waals surface area contributed by atoms with Gasteiger partial charge in [0, 0.05) is 12.4 Å². The Labute approximate surface area is 90.9 Å². The quantitative estimate of drug-likeness (QED) is 0.768. The van der Waals surface area contributed by atoms with Crippen LogP contribution in [0, 0.1) is 5.82 Å². The van der Waals surface area contributed by atoms with Crippen LogP contribution < -0.4 is 10.3 Å². The van der Waals surface area contributed by atoms with Gasteiger partial charge in [-0.3, -0.25) is 9.36 Å². The summed E-state index contributed by atoms with van der Waals surface area (Å²) in [5.74, 6) is -0.424. The first-order valence-electron chi connectivity index (χ1n) is 4.60. The minimum absolute atomic E-state index is 0.0215. The summed E-state index contributed by atoms with van der Waals surface area (Å²) in [6.07, 6.45) is 2.88. The lowest BCUT2D eigenvalue weighted by molar-refractivity contribution is 0.388. The largest absolute Gasteiger partial charge is 0.477 e. The number of hydrogen-bond donors (Lipinski definition) is 0. The molecule has 0 radical (unpaired) electrons. The van der Waals surface area contributed by atoms with Gasteiger partial charge in [0.1, 0.15) is 5.82 Å². The molecule has 4 nitrogen and oxygen atoms in total. The van der Waals surface area contributed by atoms with Crippen LogP contribution in [-0.4, -0.2) is 16.7 Å². The third kappa shape index (κ3) is 1.79. The Kier molecular flexibility index (Phi) is 2.68. The second-order valence-corrected chi connectivity index (χ2v) is 3.09. The second-order valence-electron chi connectivity index (χ2n) is 3.09. The van der Waals surface area contributed by atoms with Gasteiger partial charge in [0.15, 0.2) is 0 Å². The third-order valence-corrected chi connectivity index (χ3v) is 2.09. The fourth-order valence-electron chi connectivity index (χ4n) is 1.36. The van der Waals surface area contributed by atoms with E-state index in [1.165, 1.54) is 42.3 Å². The number of halogens is 1. The molecule has 0 unspecified atom stereocenters. The highest BCUT2D eigenvalue weighted by Crippen LogP contribution is 2.08. The maximum atomic E-state index is 13.0. The van der Waals surface area contributed by atoms with Crippen molar-refractivity contribution >= 4 is 0 Å². The minimum atomic E-state index is -0.421. The molecule has 0 N–H and O–H groups in total. The molecule has 82 valence electrons. The Morgan fingerprint density at radius 2 is 2.25 bits per heavy atom. The number of benzene rings is 1. The fraction of sp³-hybridized carbons (Fsp3) is 0.0909. The Hall–Kier alpha value is -2.17. The highest BCUT2D eigenvalue weighted by Gasteiger charge is 2.06. The zero-order valence-electron chi connectivity index (χ0n) is 8.55. The summed E-state index contributed by atoms with van der Waals surface area (Å²) in [4.78, 5) is 15.5. The molecule has 5 heteroatoms. The van der Waals surface area contributed by atoms with Crippen LogP contribution in [0.3, 0.4) is 0 Å². The van der Waals surface area contributed by atoms with Crippen molar-refractivity contribution in [1.82, 2.24) is 9.55 Å². The minimum Gasteiger partial charge on any atom is -0.477 e. The number of methoxy groups -OCH3 is 1. The first-order chi connectivity index (χ1) is 7.72. The zero-order valence-corrected chi connectivity index (χ0v) is 8.55. The molecular formula is C11H9FN2O2. The van der Waals surface area contributed by atoms with Crippen molar-refractivity contribution in [2.24, 2.45) is 0 Å². The van der Waals surface area contributed by atoms with E-state index in [2.05, 4.69) is 4.98 Å². The van der Waals surface area contributed by atoms with Crippen LogP contribution in [-0.2, 0) is 0 Å². The van der Waals surface area contributed by atoms with Gasteiger partial charge in [-0.05, 0) is 18.2 Å². The molecule has 1 aromatic carbocycles. The average Bonchev–Trinajstić information content (AvgIpc) is 2.29. The van der Waals surface area contributed by atoms with E-state index in [0.29, 0.717) is 5.69 Å². The number of nitrogens with zero attached hydrogens (tertiary/aromatic N) is 2. The van der Waals surface area contributed by atoms with Crippen molar-refractivity contribution in [3.8, 4) is 11.6 Å². The summed E-state index contributed by atoms with van der Waals surface area (Å²) in [6, 6.07) is 5.74. The summed E-state index contributed by atoms with van der Waals surface area (Å²) in [6.45, 7) is 0. The highest BCUT2D eigenvalue weighted by atomic mass is 19.1. The summed E-state index contributed by atoms with van der Waals surface area (Å²) in [5, 5.41) is 0. The van der Waals surface area contributed by atoms with E-state index >= 15 is 0 Å². The lowest BCUT2D eigenvalue weighted by Gasteiger charge is -2.06. The molecule has 0 bridgehead atoms. The number of ether oxygens (including phenoxy) is 1. The van der Waals surface area contributed by atoms with E-state index in [1.807, 2.05) is 0 Å². The van der Waals surface area contributed by atoms with Crippen molar-refractivity contribution in [1.29, 1.82) is 0 Å². The maximum absolute atomic E-state index is 13.0. The van der Waals surface area contributed by atoms with Gasteiger partial charge in [-0.1, -0.05) is 6.07 Å². The van der Waals surface area contributed by atoms with Crippen molar-refractivity contribution in [3.05, 3.63) is 52.8 Å². The molecule has 0 aliphatic carbocycles. The van der Waals surface area contributed by atoms with Crippen LogP contribution in [0.15, 0.2) is 41.5 Å². The van der Waals surface area contributed by atoms with Crippen LogP contribution >= 0.6 is 0 Å². The van der Waals surface area contributed by atoms with E-state index in [4.69, 9.17) is 4.74 Å². The molecule has 0 fully saturated rings. The summed E-state index contributed by atoms with van der Waals surface area (Å²) < 4.78 is 19.1. The molecule has 0 aliphatic rings. The van der Waals surface area contributed by atoms with E-state index in [9.17, 15) is 9.18 Å². The molecule has 1 heterocycles.